The summed E-state index contributed by atoms with van der Waals surface area (Å²) < 4.78 is 83.8. The van der Waals surface area contributed by atoms with E-state index in [9.17, 15) is 26.3 Å². The molecule has 2 aromatic carbocycles. The van der Waals surface area contributed by atoms with E-state index in [2.05, 4.69) is 30.4 Å². The maximum absolute atomic E-state index is 14.0. The second-order valence-electron chi connectivity index (χ2n) is 9.96. The van der Waals surface area contributed by atoms with Crippen molar-refractivity contribution in [2.45, 2.75) is 18.8 Å². The summed E-state index contributed by atoms with van der Waals surface area (Å²) in [5.74, 6) is 0. The topological polar surface area (TPSA) is 83.1 Å². The smallest absolute Gasteiger partial charge is 0.277 e. The Hall–Kier alpha value is -5.26. The van der Waals surface area contributed by atoms with Gasteiger partial charge in [-0.05, 0) is 52.9 Å². The van der Waals surface area contributed by atoms with E-state index in [1.165, 1.54) is 36.7 Å². The van der Waals surface area contributed by atoms with Gasteiger partial charge >= 0.3 is 12.4 Å². The Bertz CT molecular complexity index is 2000. The fraction of sp³-hybridized carbons (Fsp3) is 0.0968. The number of nitrogens with zero attached hydrogens (tertiary/aromatic N) is 4. The molecule has 1 aliphatic rings. The van der Waals surface area contributed by atoms with E-state index in [4.69, 9.17) is 0 Å². The van der Waals surface area contributed by atoms with Crippen molar-refractivity contribution in [3.05, 3.63) is 108 Å². The highest BCUT2D eigenvalue weighted by Gasteiger charge is 2.38. The largest absolute Gasteiger partial charge is 0.420 e. The first-order valence-corrected chi connectivity index (χ1v) is 13.0. The van der Waals surface area contributed by atoms with Crippen LogP contribution in [0.15, 0.2) is 85.5 Å². The number of fused-ring (bicyclic) bond motifs is 3. The Morgan fingerprint density at radius 3 is 1.72 bits per heavy atom. The minimum absolute atomic E-state index is 0.124. The summed E-state index contributed by atoms with van der Waals surface area (Å²) >= 11 is 0. The molecule has 0 amide bonds. The molecule has 6 aromatic rings. The van der Waals surface area contributed by atoms with E-state index < -0.39 is 23.5 Å². The molecule has 0 aliphatic heterocycles. The van der Waals surface area contributed by atoms with E-state index in [1.807, 2.05) is 30.3 Å². The Labute approximate surface area is 239 Å². The number of halogens is 6. The summed E-state index contributed by atoms with van der Waals surface area (Å²) in [5, 5.41) is 12.2. The number of pyridine rings is 2. The first-order chi connectivity index (χ1) is 20.6. The highest BCUT2D eigenvalue weighted by atomic mass is 19.4. The van der Waals surface area contributed by atoms with Crippen LogP contribution < -0.4 is 0 Å². The molecule has 0 saturated heterocycles. The lowest BCUT2D eigenvalue weighted by Crippen LogP contribution is -2.07. The summed E-state index contributed by atoms with van der Waals surface area (Å²) in [7, 11) is 0. The van der Waals surface area contributed by atoms with Gasteiger partial charge in [0.1, 0.15) is 11.1 Å². The lowest BCUT2D eigenvalue weighted by atomic mass is 9.87. The molecule has 0 bridgehead atoms. The van der Waals surface area contributed by atoms with Gasteiger partial charge in [0.05, 0.1) is 35.2 Å². The summed E-state index contributed by atoms with van der Waals surface area (Å²) in [5.41, 5.74) is 2.58. The molecule has 43 heavy (non-hydrogen) atoms. The fourth-order valence-electron chi connectivity index (χ4n) is 5.72. The first-order valence-electron chi connectivity index (χ1n) is 13.0. The third-order valence-corrected chi connectivity index (χ3v) is 7.52. The van der Waals surface area contributed by atoms with Crippen LogP contribution in [0.2, 0.25) is 0 Å². The van der Waals surface area contributed by atoms with Crippen LogP contribution in [0.25, 0.3) is 56.2 Å². The first kappa shape index (κ1) is 26.6. The number of rotatable bonds is 4. The molecule has 0 fully saturated rings. The van der Waals surface area contributed by atoms with E-state index in [1.54, 1.807) is 6.07 Å². The number of hydrogen-bond donors (Lipinski definition) is 2. The van der Waals surface area contributed by atoms with Crippen LogP contribution in [0.5, 0.6) is 0 Å². The molecule has 1 aliphatic carbocycles. The molecule has 0 atom stereocenters. The second-order valence-corrected chi connectivity index (χ2v) is 9.96. The average molecular weight is 589 g/mol. The maximum atomic E-state index is 14.0. The summed E-state index contributed by atoms with van der Waals surface area (Å²) in [6.07, 6.45) is -4.63. The third-order valence-electron chi connectivity index (χ3n) is 7.52. The van der Waals surface area contributed by atoms with Gasteiger partial charge in [-0.15, -0.1) is 0 Å². The quantitative estimate of drug-likeness (QED) is 0.203. The number of alkyl halides is 6. The molecular formula is C31H18F6N6. The zero-order valence-electron chi connectivity index (χ0n) is 21.8. The van der Waals surface area contributed by atoms with Crippen LogP contribution in [-0.4, -0.2) is 30.4 Å². The maximum Gasteiger partial charge on any atom is 0.420 e. The van der Waals surface area contributed by atoms with Gasteiger partial charge in [0.15, 0.2) is 0 Å². The molecule has 0 radical (unpaired) electrons. The van der Waals surface area contributed by atoms with Crippen molar-refractivity contribution in [2.75, 3.05) is 0 Å². The van der Waals surface area contributed by atoms with Gasteiger partial charge in [-0.1, -0.05) is 36.4 Å². The van der Waals surface area contributed by atoms with Crippen molar-refractivity contribution in [3.63, 3.8) is 0 Å². The van der Waals surface area contributed by atoms with Crippen LogP contribution in [0.1, 0.15) is 22.3 Å². The standard InChI is InChI=1S/C31H18F6N6/c32-30(33,34)23-14-40-42-27(23)20-7-3-11-38-26(20)19-10-9-18-17-6-2-1-5-16(17)13-22(18)25(19)29-21(8-4-12-39-29)28-24(15-41-43-28)31(35,36)37/h1-12,14-15H,13H2,(H,40,42)(H,41,43). The molecule has 6 nitrogen and oxygen atoms in total. The lowest BCUT2D eigenvalue weighted by molar-refractivity contribution is -0.137. The van der Waals surface area contributed by atoms with Gasteiger partial charge in [0.2, 0.25) is 0 Å². The predicted octanol–water partition coefficient (Wildman–Crippen LogP) is 8.20. The second kappa shape index (κ2) is 9.65. The van der Waals surface area contributed by atoms with E-state index in [-0.39, 0.29) is 33.9 Å². The number of hydrogen-bond acceptors (Lipinski definition) is 4. The molecular weight excluding hydrogens is 570 g/mol. The summed E-state index contributed by atoms with van der Waals surface area (Å²) in [6, 6.07) is 17.3. The van der Waals surface area contributed by atoms with Crippen molar-refractivity contribution in [2.24, 2.45) is 0 Å². The molecule has 214 valence electrons. The van der Waals surface area contributed by atoms with Gasteiger partial charge in [-0.25, -0.2) is 0 Å². The monoisotopic (exact) mass is 588 g/mol. The van der Waals surface area contributed by atoms with Crippen LogP contribution in [0.3, 0.4) is 0 Å². The van der Waals surface area contributed by atoms with E-state index >= 15 is 0 Å². The minimum Gasteiger partial charge on any atom is -0.277 e. The third kappa shape index (κ3) is 4.37. The molecule has 4 aromatic heterocycles. The summed E-state index contributed by atoms with van der Waals surface area (Å²) in [6.45, 7) is 0. The fourth-order valence-corrected chi connectivity index (χ4v) is 5.72. The van der Waals surface area contributed by atoms with E-state index in [0.29, 0.717) is 29.9 Å². The number of H-pyrrole nitrogens is 2. The molecule has 2 N–H and O–H groups in total. The molecule has 7 rings (SSSR count). The average Bonchev–Trinajstić information content (AvgIpc) is 3.75. The van der Waals surface area contributed by atoms with Crippen LogP contribution in [-0.2, 0) is 18.8 Å². The molecule has 4 heterocycles. The zero-order chi connectivity index (χ0) is 29.9. The highest BCUT2D eigenvalue weighted by molar-refractivity contribution is 5.98. The van der Waals surface area contributed by atoms with Crippen molar-refractivity contribution in [3.8, 4) is 56.2 Å². The molecule has 0 saturated carbocycles. The number of benzene rings is 2. The Balaban J connectivity index is 1.54. The van der Waals surface area contributed by atoms with Gasteiger partial charge < -0.3 is 0 Å². The zero-order valence-corrected chi connectivity index (χ0v) is 21.8. The molecule has 0 spiro atoms. The van der Waals surface area contributed by atoms with Gasteiger partial charge in [0, 0.05) is 34.6 Å². The predicted molar refractivity (Wildman–Crippen MR) is 146 cm³/mol. The van der Waals surface area contributed by atoms with Gasteiger partial charge in [-0.3, -0.25) is 20.2 Å². The Kier molecular flexibility index (Phi) is 5.98. The van der Waals surface area contributed by atoms with Crippen molar-refractivity contribution in [1.29, 1.82) is 0 Å². The van der Waals surface area contributed by atoms with E-state index in [0.717, 1.165) is 22.3 Å². The van der Waals surface area contributed by atoms with Gasteiger partial charge in [-0.2, -0.15) is 36.5 Å². The van der Waals surface area contributed by atoms with Crippen LogP contribution >= 0.6 is 0 Å². The number of aromatic nitrogens is 6. The van der Waals surface area contributed by atoms with Crippen LogP contribution in [0.4, 0.5) is 26.3 Å². The SMILES string of the molecule is FC(F)(F)c1cn[nH]c1-c1cccnc1-c1ccc2c(c1-c1ncccc1-c1[nH]ncc1C(F)(F)F)Cc1ccccc1-2. The normalized spacial score (nSPS) is 12.8. The van der Waals surface area contributed by atoms with Crippen molar-refractivity contribution < 1.29 is 26.3 Å². The highest BCUT2D eigenvalue weighted by Crippen LogP contribution is 2.49. The Morgan fingerprint density at radius 1 is 0.558 bits per heavy atom. The minimum atomic E-state index is -4.70. The Morgan fingerprint density at radius 2 is 1.09 bits per heavy atom. The molecule has 12 heteroatoms. The molecule has 0 unspecified atom stereocenters. The lowest BCUT2D eigenvalue weighted by Gasteiger charge is -2.19. The van der Waals surface area contributed by atoms with Crippen LogP contribution in [0, 0.1) is 0 Å². The van der Waals surface area contributed by atoms with Crippen molar-refractivity contribution >= 4 is 0 Å². The summed E-state index contributed by atoms with van der Waals surface area (Å²) in [4.78, 5) is 9.06. The van der Waals surface area contributed by atoms with Gasteiger partial charge in [0.25, 0.3) is 0 Å². The van der Waals surface area contributed by atoms with Crippen molar-refractivity contribution in [1.82, 2.24) is 30.4 Å². The number of nitrogens with one attached hydrogen (secondary N) is 2. The number of aromatic amines is 2.